The lowest BCUT2D eigenvalue weighted by molar-refractivity contribution is -0.137. The Balaban J connectivity index is 1.81. The highest BCUT2D eigenvalue weighted by Crippen LogP contribution is 2.30. The van der Waals surface area contributed by atoms with Crippen LogP contribution in [0.5, 0.6) is 0 Å². The molecule has 9 heteroatoms. The Morgan fingerprint density at radius 2 is 1.53 bits per heavy atom. The standard InChI is InChI=1S/C21H17F3N2O3S/c1-14-8-10-17(11-9-14)26-30(28,29)19-7-2-4-15(12-19)20(27)25-18-6-3-5-16(13-18)21(22,23)24/h2-13,26H,1H3,(H,25,27). The molecule has 0 aliphatic heterocycles. The van der Waals surface area contributed by atoms with Gasteiger partial charge in [0.15, 0.2) is 0 Å². The van der Waals surface area contributed by atoms with Crippen molar-refractivity contribution in [3.8, 4) is 0 Å². The zero-order chi connectivity index (χ0) is 21.9. The summed E-state index contributed by atoms with van der Waals surface area (Å²) in [6.07, 6.45) is -4.55. The highest BCUT2D eigenvalue weighted by atomic mass is 32.2. The molecule has 0 unspecified atom stereocenters. The Hall–Kier alpha value is -3.33. The van der Waals surface area contributed by atoms with Gasteiger partial charge < -0.3 is 5.32 Å². The molecular formula is C21H17F3N2O3S. The van der Waals surface area contributed by atoms with Gasteiger partial charge in [-0.25, -0.2) is 8.42 Å². The van der Waals surface area contributed by atoms with E-state index in [1.807, 2.05) is 6.92 Å². The van der Waals surface area contributed by atoms with Gasteiger partial charge in [0.2, 0.25) is 0 Å². The molecule has 0 fully saturated rings. The average Bonchev–Trinajstić information content (AvgIpc) is 2.69. The summed E-state index contributed by atoms with van der Waals surface area (Å²) in [6.45, 7) is 1.87. The second-order valence-electron chi connectivity index (χ2n) is 6.53. The predicted molar refractivity (Wildman–Crippen MR) is 108 cm³/mol. The first-order valence-electron chi connectivity index (χ1n) is 8.73. The van der Waals surface area contributed by atoms with Crippen LogP contribution >= 0.6 is 0 Å². The van der Waals surface area contributed by atoms with Crippen LogP contribution in [0.4, 0.5) is 24.5 Å². The summed E-state index contributed by atoms with van der Waals surface area (Å²) in [4.78, 5) is 12.3. The van der Waals surface area contributed by atoms with Crippen LogP contribution in [0, 0.1) is 6.92 Å². The molecule has 0 saturated heterocycles. The second-order valence-corrected chi connectivity index (χ2v) is 8.21. The van der Waals surface area contributed by atoms with Crippen molar-refractivity contribution >= 4 is 27.3 Å². The van der Waals surface area contributed by atoms with Crippen molar-refractivity contribution < 1.29 is 26.4 Å². The monoisotopic (exact) mass is 434 g/mol. The number of amides is 1. The van der Waals surface area contributed by atoms with Crippen LogP contribution in [-0.2, 0) is 16.2 Å². The third-order valence-corrected chi connectivity index (χ3v) is 5.54. The van der Waals surface area contributed by atoms with Crippen LogP contribution < -0.4 is 10.0 Å². The molecule has 30 heavy (non-hydrogen) atoms. The quantitative estimate of drug-likeness (QED) is 0.589. The third kappa shape index (κ3) is 5.18. The van der Waals surface area contributed by atoms with Crippen molar-refractivity contribution in [2.45, 2.75) is 18.0 Å². The van der Waals surface area contributed by atoms with Crippen molar-refractivity contribution in [2.24, 2.45) is 0 Å². The molecule has 3 aromatic rings. The van der Waals surface area contributed by atoms with Gasteiger partial charge in [0.25, 0.3) is 15.9 Å². The lowest BCUT2D eigenvalue weighted by atomic mass is 10.1. The summed E-state index contributed by atoms with van der Waals surface area (Å²) in [6, 6.07) is 16.1. The van der Waals surface area contributed by atoms with Gasteiger partial charge in [0.05, 0.1) is 10.5 Å². The van der Waals surface area contributed by atoms with Crippen molar-refractivity contribution in [3.05, 3.63) is 89.5 Å². The molecule has 0 spiro atoms. The number of carbonyl (C=O) groups is 1. The van der Waals surface area contributed by atoms with Crippen LogP contribution in [0.25, 0.3) is 0 Å². The fourth-order valence-electron chi connectivity index (χ4n) is 2.62. The van der Waals surface area contributed by atoms with Crippen LogP contribution in [0.15, 0.2) is 77.7 Å². The maximum Gasteiger partial charge on any atom is 0.416 e. The Morgan fingerprint density at radius 3 is 2.20 bits per heavy atom. The van der Waals surface area contributed by atoms with E-state index in [-0.39, 0.29) is 16.1 Å². The minimum absolute atomic E-state index is 0.0146. The molecule has 1 amide bonds. The molecule has 0 radical (unpaired) electrons. The smallest absolute Gasteiger partial charge is 0.322 e. The molecule has 0 aromatic heterocycles. The topological polar surface area (TPSA) is 75.3 Å². The maximum absolute atomic E-state index is 12.8. The van der Waals surface area contributed by atoms with Crippen LogP contribution in [0.2, 0.25) is 0 Å². The molecule has 0 aliphatic rings. The van der Waals surface area contributed by atoms with Gasteiger partial charge in [-0.1, -0.05) is 29.8 Å². The number of carbonyl (C=O) groups excluding carboxylic acids is 1. The number of halogens is 3. The van der Waals surface area contributed by atoms with Crippen LogP contribution in [-0.4, -0.2) is 14.3 Å². The van der Waals surface area contributed by atoms with E-state index in [0.717, 1.165) is 23.8 Å². The summed E-state index contributed by atoms with van der Waals surface area (Å²) >= 11 is 0. The van der Waals surface area contributed by atoms with Gasteiger partial charge in [-0.3, -0.25) is 9.52 Å². The summed E-state index contributed by atoms with van der Waals surface area (Å²) in [7, 11) is -3.96. The zero-order valence-corrected chi connectivity index (χ0v) is 16.5. The molecule has 0 atom stereocenters. The number of alkyl halides is 3. The van der Waals surface area contributed by atoms with Crippen molar-refractivity contribution in [1.82, 2.24) is 0 Å². The second kappa shape index (κ2) is 8.19. The lowest BCUT2D eigenvalue weighted by Crippen LogP contribution is -2.16. The van der Waals surface area contributed by atoms with Crippen molar-refractivity contribution in [3.63, 3.8) is 0 Å². The van der Waals surface area contributed by atoms with E-state index < -0.39 is 27.7 Å². The average molecular weight is 434 g/mol. The fourth-order valence-corrected chi connectivity index (χ4v) is 3.72. The van der Waals surface area contributed by atoms with Gasteiger partial charge in [-0.15, -0.1) is 0 Å². The van der Waals surface area contributed by atoms with Gasteiger partial charge in [-0.05, 0) is 55.5 Å². The molecule has 5 nitrogen and oxygen atoms in total. The molecule has 0 saturated carbocycles. The van der Waals surface area contributed by atoms with E-state index in [1.165, 1.54) is 30.3 Å². The number of anilines is 2. The molecule has 0 heterocycles. The number of benzene rings is 3. The Kier molecular flexibility index (Phi) is 5.84. The van der Waals surface area contributed by atoms with Crippen molar-refractivity contribution in [2.75, 3.05) is 10.0 Å². The molecular weight excluding hydrogens is 417 g/mol. The van der Waals surface area contributed by atoms with Gasteiger partial charge >= 0.3 is 6.18 Å². The molecule has 2 N–H and O–H groups in total. The zero-order valence-electron chi connectivity index (χ0n) is 15.7. The number of rotatable bonds is 5. The van der Waals surface area contributed by atoms with Crippen LogP contribution in [0.3, 0.4) is 0 Å². The van der Waals surface area contributed by atoms with E-state index in [4.69, 9.17) is 0 Å². The molecule has 3 aromatic carbocycles. The van der Waals surface area contributed by atoms with Gasteiger partial charge in [-0.2, -0.15) is 13.2 Å². The summed E-state index contributed by atoms with van der Waals surface area (Å²) in [5.74, 6) is -0.735. The first-order chi connectivity index (χ1) is 14.0. The van der Waals surface area contributed by atoms with E-state index >= 15 is 0 Å². The SMILES string of the molecule is Cc1ccc(NS(=O)(=O)c2cccc(C(=O)Nc3cccc(C(F)(F)F)c3)c2)cc1. The van der Waals surface area contributed by atoms with Gasteiger partial charge in [0, 0.05) is 16.9 Å². The largest absolute Gasteiger partial charge is 0.416 e. The molecule has 3 rings (SSSR count). The van der Waals surface area contributed by atoms with E-state index in [9.17, 15) is 26.4 Å². The Morgan fingerprint density at radius 1 is 0.867 bits per heavy atom. The number of hydrogen-bond acceptors (Lipinski definition) is 3. The Labute approximate surface area is 171 Å². The highest BCUT2D eigenvalue weighted by molar-refractivity contribution is 7.92. The number of aryl methyl sites for hydroxylation is 1. The van der Waals surface area contributed by atoms with Crippen molar-refractivity contribution in [1.29, 1.82) is 0 Å². The third-order valence-electron chi connectivity index (χ3n) is 4.16. The Bertz CT molecular complexity index is 1170. The first-order valence-corrected chi connectivity index (χ1v) is 10.2. The first kappa shape index (κ1) is 21.4. The number of nitrogens with one attached hydrogen (secondary N) is 2. The van der Waals surface area contributed by atoms with E-state index in [1.54, 1.807) is 24.3 Å². The van der Waals surface area contributed by atoms with E-state index in [2.05, 4.69) is 10.0 Å². The normalized spacial score (nSPS) is 11.7. The summed E-state index contributed by atoms with van der Waals surface area (Å²) in [5.41, 5.74) is 0.351. The number of hydrogen-bond donors (Lipinski definition) is 2. The highest BCUT2D eigenvalue weighted by Gasteiger charge is 2.30. The van der Waals surface area contributed by atoms with E-state index in [0.29, 0.717) is 5.69 Å². The van der Waals surface area contributed by atoms with Gasteiger partial charge in [0.1, 0.15) is 0 Å². The minimum atomic E-state index is -4.55. The maximum atomic E-state index is 12.8. The minimum Gasteiger partial charge on any atom is -0.322 e. The number of sulfonamides is 1. The molecule has 0 aliphatic carbocycles. The fraction of sp³-hybridized carbons (Fsp3) is 0.0952. The molecule has 0 bridgehead atoms. The lowest BCUT2D eigenvalue weighted by Gasteiger charge is -2.11. The van der Waals surface area contributed by atoms with Crippen LogP contribution in [0.1, 0.15) is 21.5 Å². The summed E-state index contributed by atoms with van der Waals surface area (Å²) in [5, 5.41) is 2.35. The molecule has 156 valence electrons. The predicted octanol–water partition coefficient (Wildman–Crippen LogP) is 5.07. The summed E-state index contributed by atoms with van der Waals surface area (Å²) < 4.78 is 66.1.